The van der Waals surface area contributed by atoms with Gasteiger partial charge in [-0.1, -0.05) is 0 Å². The van der Waals surface area contributed by atoms with Gasteiger partial charge in [-0.15, -0.1) is 0 Å². The lowest BCUT2D eigenvalue weighted by molar-refractivity contribution is 0.442. The van der Waals surface area contributed by atoms with Gasteiger partial charge in [0.25, 0.3) is 20.2 Å². The molecule has 11 heteroatoms. The van der Waals surface area contributed by atoms with Crippen LogP contribution in [-0.4, -0.2) is 78.5 Å². The molecule has 0 saturated carbocycles. The summed E-state index contributed by atoms with van der Waals surface area (Å²) in [5.74, 6) is -0.486. The maximum absolute atomic E-state index is 10.6. The van der Waals surface area contributed by atoms with E-state index in [2.05, 4.69) is 0 Å². The summed E-state index contributed by atoms with van der Waals surface area (Å²) in [5.41, 5.74) is 0. The number of hydrogen-bond acceptors (Lipinski definition) is 5. The van der Waals surface area contributed by atoms with E-state index in [0.717, 1.165) is 13.1 Å². The summed E-state index contributed by atoms with van der Waals surface area (Å²) in [6, 6.07) is 0. The van der Waals surface area contributed by atoms with Gasteiger partial charge in [-0.3, -0.25) is 9.11 Å². The Balaban J connectivity index is 2.22. The largest absolute Gasteiger partial charge is 0.347 e. The summed E-state index contributed by atoms with van der Waals surface area (Å²) in [6.07, 6.45) is 2.01. The van der Waals surface area contributed by atoms with E-state index in [0.29, 0.717) is 43.9 Å². The predicted molar refractivity (Wildman–Crippen MR) is 87.0 cm³/mol. The van der Waals surface area contributed by atoms with E-state index in [1.165, 1.54) is 0 Å². The Morgan fingerprint density at radius 1 is 0.818 bits per heavy atom. The monoisotopic (exact) mass is 374 g/mol. The quantitative estimate of drug-likeness (QED) is 0.315. The summed E-state index contributed by atoms with van der Waals surface area (Å²) in [5, 5.41) is 0.679. The van der Waals surface area contributed by atoms with Gasteiger partial charge >= 0.3 is 0 Å². The van der Waals surface area contributed by atoms with Crippen LogP contribution in [0.5, 0.6) is 0 Å². The van der Waals surface area contributed by atoms with Crippen LogP contribution >= 0.6 is 12.2 Å². The first kappa shape index (κ1) is 19.6. The van der Waals surface area contributed by atoms with Crippen molar-refractivity contribution in [1.29, 1.82) is 0 Å². The van der Waals surface area contributed by atoms with E-state index in [1.54, 1.807) is 0 Å². The lowest BCUT2D eigenvalue weighted by Gasteiger charge is -2.21. The molecule has 0 atom stereocenters. The highest BCUT2D eigenvalue weighted by Crippen LogP contribution is 2.12. The number of hydrogen-bond donors (Lipinski definition) is 2. The molecule has 1 aliphatic rings. The fourth-order valence-corrected chi connectivity index (χ4v) is 3.72. The number of rotatable bonds is 10. The van der Waals surface area contributed by atoms with Crippen LogP contribution in [0.4, 0.5) is 0 Å². The molecule has 0 aromatic carbocycles. The molecule has 1 rings (SSSR count). The zero-order valence-corrected chi connectivity index (χ0v) is 14.7. The topological polar surface area (TPSA) is 115 Å². The van der Waals surface area contributed by atoms with Crippen molar-refractivity contribution in [2.45, 2.75) is 25.7 Å². The summed E-state index contributed by atoms with van der Waals surface area (Å²) < 4.78 is 59.7. The first-order chi connectivity index (χ1) is 10.1. The molecule has 130 valence electrons. The first-order valence-corrected chi connectivity index (χ1v) is 10.7. The average molecular weight is 375 g/mol. The fourth-order valence-electron chi connectivity index (χ4n) is 2.22. The van der Waals surface area contributed by atoms with Gasteiger partial charge in [0.2, 0.25) is 0 Å². The van der Waals surface area contributed by atoms with Crippen LogP contribution in [0.3, 0.4) is 0 Å². The molecule has 1 saturated heterocycles. The second kappa shape index (κ2) is 8.39. The Labute approximate surface area is 137 Å². The van der Waals surface area contributed by atoms with Crippen LogP contribution < -0.4 is 0 Å². The SMILES string of the molecule is O=S(=O)(O)CCCCN1CCN(CCCCS(=O)(=O)O)C1=S. The van der Waals surface area contributed by atoms with Crippen LogP contribution in [0.2, 0.25) is 0 Å². The van der Waals surface area contributed by atoms with Crippen molar-refractivity contribution < 1.29 is 25.9 Å². The van der Waals surface area contributed by atoms with Crippen LogP contribution in [0.15, 0.2) is 0 Å². The maximum atomic E-state index is 10.6. The molecule has 1 aliphatic heterocycles. The minimum Gasteiger partial charge on any atom is -0.347 e. The zero-order valence-electron chi connectivity index (χ0n) is 12.2. The van der Waals surface area contributed by atoms with Gasteiger partial charge in [0, 0.05) is 26.2 Å². The van der Waals surface area contributed by atoms with Crippen molar-refractivity contribution >= 4 is 37.6 Å². The Kier molecular flexibility index (Phi) is 7.46. The Bertz CT molecular complexity index is 525. The maximum Gasteiger partial charge on any atom is 0.264 e. The predicted octanol–water partition coefficient (Wildman–Crippen LogP) is 0.225. The van der Waals surface area contributed by atoms with Crippen molar-refractivity contribution in [3.05, 3.63) is 0 Å². The van der Waals surface area contributed by atoms with E-state index in [4.69, 9.17) is 21.3 Å². The highest BCUT2D eigenvalue weighted by Gasteiger charge is 2.23. The van der Waals surface area contributed by atoms with E-state index >= 15 is 0 Å². The summed E-state index contributed by atoms with van der Waals surface area (Å²) in [4.78, 5) is 3.95. The molecule has 0 amide bonds. The third kappa shape index (κ3) is 8.22. The molecule has 1 heterocycles. The molecule has 0 spiro atoms. The second-order valence-electron chi connectivity index (χ2n) is 5.24. The number of unbranched alkanes of at least 4 members (excludes halogenated alkanes) is 2. The van der Waals surface area contributed by atoms with Gasteiger partial charge in [-0.2, -0.15) is 16.8 Å². The van der Waals surface area contributed by atoms with E-state index in [1.807, 2.05) is 9.80 Å². The molecule has 8 nitrogen and oxygen atoms in total. The molecule has 0 unspecified atom stereocenters. The third-order valence-electron chi connectivity index (χ3n) is 3.34. The van der Waals surface area contributed by atoms with E-state index in [9.17, 15) is 16.8 Å². The molecular weight excluding hydrogens is 352 g/mol. The van der Waals surface area contributed by atoms with Crippen molar-refractivity contribution in [3.63, 3.8) is 0 Å². The number of nitrogens with zero attached hydrogens (tertiary/aromatic N) is 2. The fraction of sp³-hybridized carbons (Fsp3) is 0.909. The highest BCUT2D eigenvalue weighted by atomic mass is 32.2. The van der Waals surface area contributed by atoms with Crippen LogP contribution in [0.25, 0.3) is 0 Å². The molecule has 0 bridgehead atoms. The molecule has 0 aliphatic carbocycles. The molecule has 0 radical (unpaired) electrons. The molecule has 0 aromatic heterocycles. The normalized spacial score (nSPS) is 16.5. The van der Waals surface area contributed by atoms with Gasteiger partial charge in [-0.25, -0.2) is 0 Å². The van der Waals surface area contributed by atoms with Crippen molar-refractivity contribution in [3.8, 4) is 0 Å². The Morgan fingerprint density at radius 3 is 1.50 bits per heavy atom. The van der Waals surface area contributed by atoms with E-state index in [-0.39, 0.29) is 11.5 Å². The van der Waals surface area contributed by atoms with Gasteiger partial charge < -0.3 is 9.80 Å². The average Bonchev–Trinajstić information content (AvgIpc) is 2.70. The van der Waals surface area contributed by atoms with Gasteiger partial charge in [0.1, 0.15) is 0 Å². The first-order valence-electron chi connectivity index (χ1n) is 7.03. The molecule has 2 N–H and O–H groups in total. The number of thiocarbonyl (C=S) groups is 1. The minimum absolute atomic E-state index is 0.243. The zero-order chi connectivity index (χ0) is 16.8. The van der Waals surface area contributed by atoms with E-state index < -0.39 is 20.2 Å². The van der Waals surface area contributed by atoms with Crippen molar-refractivity contribution in [1.82, 2.24) is 9.80 Å². The van der Waals surface area contributed by atoms with Crippen molar-refractivity contribution in [2.75, 3.05) is 37.7 Å². The lowest BCUT2D eigenvalue weighted by atomic mass is 10.3. The Hall–Kier alpha value is -0.490. The molecule has 0 aromatic rings. The van der Waals surface area contributed by atoms with Crippen LogP contribution in [0.1, 0.15) is 25.7 Å². The third-order valence-corrected chi connectivity index (χ3v) is 5.47. The summed E-state index contributed by atoms with van der Waals surface area (Å²) >= 11 is 5.32. The second-order valence-corrected chi connectivity index (χ2v) is 8.75. The molecular formula is C11H22N2O6S3. The lowest BCUT2D eigenvalue weighted by Crippen LogP contribution is -2.33. The smallest absolute Gasteiger partial charge is 0.264 e. The van der Waals surface area contributed by atoms with Crippen molar-refractivity contribution in [2.24, 2.45) is 0 Å². The molecule has 1 fully saturated rings. The van der Waals surface area contributed by atoms with Gasteiger partial charge in [-0.05, 0) is 37.9 Å². The standard InChI is InChI=1S/C11H22N2O6S3/c14-21(15,16)9-3-1-5-12-7-8-13(11(12)20)6-2-4-10-22(17,18)19/h1-10H2,(H,14,15,16)(H,17,18,19). The summed E-state index contributed by atoms with van der Waals surface area (Å²) in [7, 11) is -7.81. The van der Waals surface area contributed by atoms with Gasteiger partial charge in [0.15, 0.2) is 5.11 Å². The van der Waals surface area contributed by atoms with Crippen LogP contribution in [-0.2, 0) is 20.2 Å². The highest BCUT2D eigenvalue weighted by molar-refractivity contribution is 7.86. The summed E-state index contributed by atoms with van der Waals surface area (Å²) in [6.45, 7) is 2.78. The molecule has 22 heavy (non-hydrogen) atoms. The van der Waals surface area contributed by atoms with Crippen LogP contribution in [0, 0.1) is 0 Å². The Morgan fingerprint density at radius 2 is 1.18 bits per heavy atom. The van der Waals surface area contributed by atoms with Gasteiger partial charge in [0.05, 0.1) is 11.5 Å². The minimum atomic E-state index is -3.90.